The van der Waals surface area contributed by atoms with Crippen molar-refractivity contribution >= 4 is 27.2 Å². The van der Waals surface area contributed by atoms with Gasteiger partial charge in [-0.25, -0.2) is 4.98 Å². The lowest BCUT2D eigenvalue weighted by molar-refractivity contribution is 0.313. The smallest absolute Gasteiger partial charge is 0.182 e. The number of anilines is 1. The van der Waals surface area contributed by atoms with Gasteiger partial charge in [-0.2, -0.15) is 0 Å². The van der Waals surface area contributed by atoms with E-state index in [9.17, 15) is 0 Å². The van der Waals surface area contributed by atoms with Gasteiger partial charge in [0, 0.05) is 18.1 Å². The maximum Gasteiger partial charge on any atom is 0.182 e. The number of hydrogen-bond acceptors (Lipinski definition) is 4. The van der Waals surface area contributed by atoms with E-state index in [0.717, 1.165) is 27.7 Å². The lowest BCUT2D eigenvalue weighted by atomic mass is 10.1. The van der Waals surface area contributed by atoms with Crippen LogP contribution in [0.4, 0.5) is 5.13 Å². The van der Waals surface area contributed by atoms with Crippen LogP contribution >= 0.6 is 11.3 Å². The number of ether oxygens (including phenoxy) is 1. The average molecular weight is 284 g/mol. The zero-order valence-corrected chi connectivity index (χ0v) is 12.1. The fourth-order valence-corrected chi connectivity index (χ4v) is 2.87. The molecule has 3 rings (SSSR count). The number of aromatic nitrogens is 1. The monoisotopic (exact) mass is 284 g/mol. The lowest BCUT2D eigenvalue weighted by Crippen LogP contribution is -1.94. The summed E-state index contributed by atoms with van der Waals surface area (Å²) in [5, 5.41) is 6.50. The summed E-state index contributed by atoms with van der Waals surface area (Å²) in [4.78, 5) is 5.43. The zero-order valence-electron chi connectivity index (χ0n) is 11.3. The van der Waals surface area contributed by atoms with E-state index in [1.807, 2.05) is 30.5 Å². The van der Waals surface area contributed by atoms with Gasteiger partial charge in [0.05, 0.1) is 4.88 Å². The van der Waals surface area contributed by atoms with Crippen LogP contribution in [-0.2, 0) is 6.61 Å². The molecule has 0 bridgehead atoms. The van der Waals surface area contributed by atoms with Crippen LogP contribution in [0.5, 0.6) is 5.75 Å². The van der Waals surface area contributed by atoms with E-state index >= 15 is 0 Å². The molecule has 0 radical (unpaired) electrons. The first-order valence-corrected chi connectivity index (χ1v) is 7.47. The van der Waals surface area contributed by atoms with Crippen LogP contribution in [0.1, 0.15) is 11.8 Å². The van der Waals surface area contributed by atoms with Gasteiger partial charge in [0.1, 0.15) is 12.4 Å². The molecule has 0 atom stereocenters. The molecule has 1 aromatic heterocycles. The van der Waals surface area contributed by atoms with Crippen LogP contribution in [0.25, 0.3) is 10.8 Å². The average Bonchev–Trinajstić information content (AvgIpc) is 2.93. The van der Waals surface area contributed by atoms with Crippen LogP contribution in [0.3, 0.4) is 0 Å². The summed E-state index contributed by atoms with van der Waals surface area (Å²) < 4.78 is 5.94. The van der Waals surface area contributed by atoms with Gasteiger partial charge in [-0.3, -0.25) is 0 Å². The minimum atomic E-state index is 0.553. The first-order valence-electron chi connectivity index (χ1n) is 6.66. The number of benzene rings is 2. The third-order valence-corrected chi connectivity index (χ3v) is 3.93. The van der Waals surface area contributed by atoms with Gasteiger partial charge in [-0.15, -0.1) is 0 Å². The van der Waals surface area contributed by atoms with Crippen molar-refractivity contribution in [3.05, 3.63) is 53.5 Å². The third-order valence-electron chi connectivity index (χ3n) is 3.00. The molecule has 0 aliphatic rings. The minimum absolute atomic E-state index is 0.553. The summed E-state index contributed by atoms with van der Waals surface area (Å²) in [5.74, 6) is 0.918. The van der Waals surface area contributed by atoms with Gasteiger partial charge in [-0.1, -0.05) is 47.7 Å². The molecule has 20 heavy (non-hydrogen) atoms. The van der Waals surface area contributed by atoms with E-state index in [1.165, 1.54) is 5.39 Å². The Morgan fingerprint density at radius 2 is 2.00 bits per heavy atom. The summed E-state index contributed by atoms with van der Waals surface area (Å²) in [6, 6.07) is 14.4. The molecule has 0 aliphatic carbocycles. The number of nitrogens with zero attached hydrogens (tertiary/aromatic N) is 1. The molecule has 0 saturated heterocycles. The molecule has 1 N–H and O–H groups in total. The minimum Gasteiger partial charge on any atom is -0.487 e. The SMILES string of the molecule is CCNc1ncc(COc2cccc3ccccc23)s1. The first kappa shape index (κ1) is 12.9. The second kappa shape index (κ2) is 5.92. The number of fused-ring (bicyclic) bond motifs is 1. The molecule has 0 unspecified atom stereocenters. The van der Waals surface area contributed by atoms with Crippen molar-refractivity contribution in [1.29, 1.82) is 0 Å². The Balaban J connectivity index is 1.76. The van der Waals surface area contributed by atoms with Crippen molar-refractivity contribution in [1.82, 2.24) is 4.98 Å². The van der Waals surface area contributed by atoms with Gasteiger partial charge < -0.3 is 10.1 Å². The molecule has 0 fully saturated rings. The number of thiazole rings is 1. The molecule has 0 spiro atoms. The van der Waals surface area contributed by atoms with Crippen molar-refractivity contribution in [3.8, 4) is 5.75 Å². The lowest BCUT2D eigenvalue weighted by Gasteiger charge is -2.07. The molecule has 1 heterocycles. The molecule has 3 nitrogen and oxygen atoms in total. The van der Waals surface area contributed by atoms with Crippen molar-refractivity contribution in [3.63, 3.8) is 0 Å². The molecule has 2 aromatic carbocycles. The fraction of sp³-hybridized carbons (Fsp3) is 0.188. The highest BCUT2D eigenvalue weighted by Crippen LogP contribution is 2.27. The Kier molecular flexibility index (Phi) is 3.83. The Labute approximate surface area is 122 Å². The van der Waals surface area contributed by atoms with Gasteiger partial charge in [0.25, 0.3) is 0 Å². The maximum atomic E-state index is 5.94. The quantitative estimate of drug-likeness (QED) is 0.758. The molecule has 0 saturated carbocycles. The number of hydrogen-bond donors (Lipinski definition) is 1. The molecule has 102 valence electrons. The topological polar surface area (TPSA) is 34.2 Å². The fourth-order valence-electron chi connectivity index (χ4n) is 2.08. The van der Waals surface area contributed by atoms with E-state index in [4.69, 9.17) is 4.74 Å². The van der Waals surface area contributed by atoms with Crippen LogP contribution in [-0.4, -0.2) is 11.5 Å². The number of nitrogens with one attached hydrogen (secondary N) is 1. The highest BCUT2D eigenvalue weighted by atomic mass is 32.1. The van der Waals surface area contributed by atoms with Crippen LogP contribution < -0.4 is 10.1 Å². The normalized spacial score (nSPS) is 10.7. The van der Waals surface area contributed by atoms with Gasteiger partial charge >= 0.3 is 0 Å². The molecule has 4 heteroatoms. The second-order valence-electron chi connectivity index (χ2n) is 4.43. The van der Waals surface area contributed by atoms with Crippen molar-refractivity contribution in [2.45, 2.75) is 13.5 Å². The maximum absolute atomic E-state index is 5.94. The van der Waals surface area contributed by atoms with Crippen molar-refractivity contribution in [2.24, 2.45) is 0 Å². The largest absolute Gasteiger partial charge is 0.487 e. The predicted molar refractivity (Wildman–Crippen MR) is 84.6 cm³/mol. The van der Waals surface area contributed by atoms with Crippen LogP contribution in [0.2, 0.25) is 0 Å². The van der Waals surface area contributed by atoms with Gasteiger partial charge in [-0.05, 0) is 18.4 Å². The summed E-state index contributed by atoms with van der Waals surface area (Å²) >= 11 is 1.63. The molecule has 3 aromatic rings. The Hall–Kier alpha value is -2.07. The van der Waals surface area contributed by atoms with E-state index < -0.39 is 0 Å². The molecular weight excluding hydrogens is 268 g/mol. The Morgan fingerprint density at radius 3 is 2.90 bits per heavy atom. The summed E-state index contributed by atoms with van der Waals surface area (Å²) in [6.45, 7) is 3.50. The van der Waals surface area contributed by atoms with Gasteiger partial charge in [0.2, 0.25) is 0 Å². The number of rotatable bonds is 5. The highest BCUT2D eigenvalue weighted by Gasteiger charge is 2.04. The summed E-state index contributed by atoms with van der Waals surface area (Å²) in [5.41, 5.74) is 0. The standard InChI is InChI=1S/C16H16N2OS/c1-2-17-16-18-10-13(20-16)11-19-15-9-5-7-12-6-3-4-8-14(12)15/h3-10H,2,11H2,1H3,(H,17,18). The van der Waals surface area contributed by atoms with Crippen molar-refractivity contribution in [2.75, 3.05) is 11.9 Å². The van der Waals surface area contributed by atoms with E-state index in [0.29, 0.717) is 6.61 Å². The van der Waals surface area contributed by atoms with Crippen LogP contribution in [0.15, 0.2) is 48.7 Å². The summed E-state index contributed by atoms with van der Waals surface area (Å²) in [6.07, 6.45) is 1.87. The van der Waals surface area contributed by atoms with E-state index in [2.05, 4.69) is 35.4 Å². The molecular formula is C16H16N2OS. The Bertz CT molecular complexity index is 703. The predicted octanol–water partition coefficient (Wildman–Crippen LogP) is 4.31. The van der Waals surface area contributed by atoms with Crippen molar-refractivity contribution < 1.29 is 4.74 Å². The van der Waals surface area contributed by atoms with Crippen LogP contribution in [0, 0.1) is 0 Å². The zero-order chi connectivity index (χ0) is 13.8. The molecule has 0 aliphatic heterocycles. The van der Waals surface area contributed by atoms with E-state index in [1.54, 1.807) is 11.3 Å². The second-order valence-corrected chi connectivity index (χ2v) is 5.54. The highest BCUT2D eigenvalue weighted by molar-refractivity contribution is 7.15. The first-order chi connectivity index (χ1) is 9.86. The van der Waals surface area contributed by atoms with Gasteiger partial charge in [0.15, 0.2) is 5.13 Å². The third kappa shape index (κ3) is 2.75. The molecule has 0 amide bonds. The summed E-state index contributed by atoms with van der Waals surface area (Å²) in [7, 11) is 0. The van der Waals surface area contributed by atoms with E-state index in [-0.39, 0.29) is 0 Å². The Morgan fingerprint density at radius 1 is 1.15 bits per heavy atom.